The topological polar surface area (TPSA) is 80.3 Å². The lowest BCUT2D eigenvalue weighted by molar-refractivity contribution is -0.127. The van der Waals surface area contributed by atoms with Crippen LogP contribution in [0.3, 0.4) is 0 Å². The van der Waals surface area contributed by atoms with Crippen LogP contribution in [0.1, 0.15) is 38.2 Å². The van der Waals surface area contributed by atoms with E-state index < -0.39 is 0 Å². The molecule has 2 N–H and O–H groups in total. The maximum atomic E-state index is 12.0. The second-order valence-electron chi connectivity index (χ2n) is 8.43. The summed E-state index contributed by atoms with van der Waals surface area (Å²) >= 11 is 0. The van der Waals surface area contributed by atoms with Crippen LogP contribution >= 0.6 is 24.0 Å². The van der Waals surface area contributed by atoms with E-state index in [1.54, 1.807) is 19.0 Å². The number of nitrogens with zero attached hydrogens (tertiary/aromatic N) is 4. The lowest BCUT2D eigenvalue weighted by Gasteiger charge is -2.24. The van der Waals surface area contributed by atoms with Gasteiger partial charge >= 0.3 is 0 Å². The number of hydrogen-bond acceptors (Lipinski definition) is 4. The molecule has 2 aliphatic heterocycles. The number of hydrogen-bond donors (Lipinski definition) is 2. The number of anilines is 1. The fourth-order valence-electron chi connectivity index (χ4n) is 4.12. The maximum Gasteiger partial charge on any atom is 0.241 e. The molecule has 0 aliphatic carbocycles. The molecule has 2 aliphatic rings. The van der Waals surface area contributed by atoms with Gasteiger partial charge in [-0.3, -0.25) is 14.5 Å². The second kappa shape index (κ2) is 13.0. The Bertz CT molecular complexity index is 783. The predicted octanol–water partition coefficient (Wildman–Crippen LogP) is 2.04. The molecule has 0 bridgehead atoms. The van der Waals surface area contributed by atoms with Gasteiger partial charge in [0.15, 0.2) is 5.96 Å². The number of benzene rings is 1. The maximum absolute atomic E-state index is 12.0. The Kier molecular flexibility index (Phi) is 10.7. The molecule has 3 rings (SSSR count). The summed E-state index contributed by atoms with van der Waals surface area (Å²) in [5, 5.41) is 6.59. The molecule has 2 heterocycles. The molecule has 1 atom stereocenters. The monoisotopic (exact) mass is 556 g/mol. The minimum atomic E-state index is 0. The van der Waals surface area contributed by atoms with Gasteiger partial charge in [0.2, 0.25) is 11.8 Å². The summed E-state index contributed by atoms with van der Waals surface area (Å²) in [6, 6.07) is 8.51. The van der Waals surface area contributed by atoms with E-state index in [1.165, 1.54) is 12.8 Å². The van der Waals surface area contributed by atoms with Crippen molar-refractivity contribution >= 4 is 47.4 Å². The fourth-order valence-corrected chi connectivity index (χ4v) is 4.12. The van der Waals surface area contributed by atoms with Crippen molar-refractivity contribution < 1.29 is 9.59 Å². The number of aliphatic imine (C=N–C) groups is 1. The van der Waals surface area contributed by atoms with Gasteiger partial charge in [-0.05, 0) is 50.0 Å². The van der Waals surface area contributed by atoms with E-state index >= 15 is 0 Å². The number of nitrogens with one attached hydrogen (secondary N) is 2. The molecular formula is C23H37IN6O2. The number of likely N-dealkylation sites (tertiary alicyclic amines) is 1. The lowest BCUT2D eigenvalue weighted by atomic mass is 10.2. The number of carbonyl (C=O) groups excluding carboxylic acids is 2. The van der Waals surface area contributed by atoms with Gasteiger partial charge < -0.3 is 20.4 Å². The first-order valence-electron chi connectivity index (χ1n) is 11.3. The fraction of sp³-hybridized carbons (Fsp3) is 0.609. The van der Waals surface area contributed by atoms with Crippen molar-refractivity contribution in [3.63, 3.8) is 0 Å². The highest BCUT2D eigenvalue weighted by molar-refractivity contribution is 14.0. The van der Waals surface area contributed by atoms with Gasteiger partial charge in [0.25, 0.3) is 0 Å². The normalized spacial score (nSPS) is 19.1. The molecule has 1 unspecified atom stereocenters. The van der Waals surface area contributed by atoms with Crippen LogP contribution in [0.15, 0.2) is 29.3 Å². The molecule has 0 aromatic heterocycles. The summed E-state index contributed by atoms with van der Waals surface area (Å²) in [7, 11) is 3.50. The standard InChI is InChI=1S/C23H36N6O2.HI/c1-4-28-13-5-7-20(28)16-25-23(26-17-22(31)27(2)3)24-15-18-9-11-19(12-10-18)29-14-6-8-21(29)30;/h9-12,20H,4-8,13-17H2,1-3H3,(H2,24,25,26);1H. The number of guanidine groups is 1. The number of rotatable bonds is 8. The molecule has 8 nitrogen and oxygen atoms in total. The van der Waals surface area contributed by atoms with Crippen LogP contribution < -0.4 is 15.5 Å². The minimum absolute atomic E-state index is 0. The van der Waals surface area contributed by atoms with E-state index in [-0.39, 0.29) is 42.3 Å². The van der Waals surface area contributed by atoms with Crippen molar-refractivity contribution in [1.82, 2.24) is 20.4 Å². The van der Waals surface area contributed by atoms with E-state index in [9.17, 15) is 9.59 Å². The van der Waals surface area contributed by atoms with Crippen molar-refractivity contribution in [2.45, 2.75) is 45.2 Å². The second-order valence-corrected chi connectivity index (χ2v) is 8.43. The Morgan fingerprint density at radius 2 is 1.91 bits per heavy atom. The van der Waals surface area contributed by atoms with Crippen LogP contribution in [0.2, 0.25) is 0 Å². The quantitative estimate of drug-likeness (QED) is 0.291. The summed E-state index contributed by atoms with van der Waals surface area (Å²) in [6.45, 7) is 6.71. The summed E-state index contributed by atoms with van der Waals surface area (Å²) in [6.07, 6.45) is 3.97. The van der Waals surface area contributed by atoms with Gasteiger partial charge in [-0.2, -0.15) is 0 Å². The molecule has 0 radical (unpaired) electrons. The molecule has 2 fully saturated rings. The molecule has 0 spiro atoms. The van der Waals surface area contributed by atoms with Gasteiger partial charge in [-0.15, -0.1) is 24.0 Å². The van der Waals surface area contributed by atoms with Gasteiger partial charge in [-0.1, -0.05) is 19.1 Å². The first-order chi connectivity index (χ1) is 15.0. The van der Waals surface area contributed by atoms with E-state index in [0.717, 1.165) is 43.9 Å². The van der Waals surface area contributed by atoms with E-state index in [1.807, 2.05) is 29.2 Å². The first kappa shape index (κ1) is 26.4. The summed E-state index contributed by atoms with van der Waals surface area (Å²) in [4.78, 5) is 34.5. The highest BCUT2D eigenvalue weighted by atomic mass is 127. The third kappa shape index (κ3) is 7.33. The summed E-state index contributed by atoms with van der Waals surface area (Å²) < 4.78 is 0. The predicted molar refractivity (Wildman–Crippen MR) is 140 cm³/mol. The van der Waals surface area contributed by atoms with Crippen molar-refractivity contribution in [2.24, 2.45) is 4.99 Å². The molecule has 2 saturated heterocycles. The third-order valence-electron chi connectivity index (χ3n) is 6.06. The number of halogens is 1. The SMILES string of the molecule is CCN1CCCC1CNC(=NCc1ccc(N2CCCC2=O)cc1)NCC(=O)N(C)C.I. The molecule has 0 saturated carbocycles. The Morgan fingerprint density at radius 3 is 2.53 bits per heavy atom. The zero-order chi connectivity index (χ0) is 22.2. The Labute approximate surface area is 208 Å². The van der Waals surface area contributed by atoms with Crippen molar-refractivity contribution in [3.05, 3.63) is 29.8 Å². The van der Waals surface area contributed by atoms with Crippen LogP contribution in [0.5, 0.6) is 0 Å². The highest BCUT2D eigenvalue weighted by Gasteiger charge is 2.23. The lowest BCUT2D eigenvalue weighted by Crippen LogP contribution is -2.47. The number of carbonyl (C=O) groups is 2. The Morgan fingerprint density at radius 1 is 1.16 bits per heavy atom. The molecule has 9 heteroatoms. The highest BCUT2D eigenvalue weighted by Crippen LogP contribution is 2.21. The van der Waals surface area contributed by atoms with E-state index in [4.69, 9.17) is 4.99 Å². The number of likely N-dealkylation sites (N-methyl/N-ethyl adjacent to an activating group) is 2. The van der Waals surface area contributed by atoms with Gasteiger partial charge in [0, 0.05) is 45.3 Å². The van der Waals surface area contributed by atoms with E-state index in [2.05, 4.69) is 22.5 Å². The molecule has 1 aromatic rings. The van der Waals surface area contributed by atoms with Gasteiger partial charge in [-0.25, -0.2) is 4.99 Å². The van der Waals surface area contributed by atoms with Crippen molar-refractivity contribution in [3.8, 4) is 0 Å². The summed E-state index contributed by atoms with van der Waals surface area (Å²) in [5.74, 6) is 0.849. The largest absolute Gasteiger partial charge is 0.355 e. The van der Waals surface area contributed by atoms with Crippen LogP contribution in [0, 0.1) is 0 Å². The molecule has 32 heavy (non-hydrogen) atoms. The van der Waals surface area contributed by atoms with Crippen LogP contribution in [0.25, 0.3) is 0 Å². The minimum Gasteiger partial charge on any atom is -0.355 e. The van der Waals surface area contributed by atoms with E-state index in [0.29, 0.717) is 25.0 Å². The molecule has 1 aromatic carbocycles. The molecule has 178 valence electrons. The zero-order valence-corrected chi connectivity index (χ0v) is 21.8. The van der Waals surface area contributed by atoms with Crippen molar-refractivity contribution in [2.75, 3.05) is 51.7 Å². The van der Waals surface area contributed by atoms with Crippen LogP contribution in [-0.4, -0.2) is 80.4 Å². The smallest absolute Gasteiger partial charge is 0.241 e. The summed E-state index contributed by atoms with van der Waals surface area (Å²) in [5.41, 5.74) is 2.01. The first-order valence-corrected chi connectivity index (χ1v) is 11.3. The zero-order valence-electron chi connectivity index (χ0n) is 19.5. The van der Waals surface area contributed by atoms with Gasteiger partial charge in [0.05, 0.1) is 13.1 Å². The molecule has 2 amide bonds. The van der Waals surface area contributed by atoms with Gasteiger partial charge in [0.1, 0.15) is 0 Å². The number of amides is 2. The van der Waals surface area contributed by atoms with Crippen molar-refractivity contribution in [1.29, 1.82) is 0 Å². The Hall–Kier alpha value is -1.88. The van der Waals surface area contributed by atoms with Crippen LogP contribution in [-0.2, 0) is 16.1 Å². The third-order valence-corrected chi connectivity index (χ3v) is 6.06. The average Bonchev–Trinajstić information content (AvgIpc) is 3.41. The average molecular weight is 556 g/mol. The Balaban J connectivity index is 0.00000363. The van der Waals surface area contributed by atoms with Crippen LogP contribution in [0.4, 0.5) is 5.69 Å². The molecular weight excluding hydrogens is 519 g/mol.